The lowest BCUT2D eigenvalue weighted by atomic mass is 9.85. The molecule has 0 saturated carbocycles. The van der Waals surface area contributed by atoms with Gasteiger partial charge in [-0.1, -0.05) is 13.3 Å². The van der Waals surface area contributed by atoms with Gasteiger partial charge in [0.2, 0.25) is 0 Å². The summed E-state index contributed by atoms with van der Waals surface area (Å²) in [4.78, 5) is 22.9. The monoisotopic (exact) mass is 425 g/mol. The van der Waals surface area contributed by atoms with Crippen LogP contribution in [0.4, 0.5) is 4.39 Å². The van der Waals surface area contributed by atoms with Gasteiger partial charge in [-0.15, -0.1) is 0 Å². The van der Waals surface area contributed by atoms with Crippen LogP contribution in [0.3, 0.4) is 0 Å². The van der Waals surface area contributed by atoms with Gasteiger partial charge >= 0.3 is 0 Å². The van der Waals surface area contributed by atoms with Crippen molar-refractivity contribution in [3.05, 3.63) is 61.7 Å². The number of hydrogen-bond acceptors (Lipinski definition) is 6. The Morgan fingerprint density at radius 2 is 2.00 bits per heavy atom. The highest BCUT2D eigenvalue weighted by Gasteiger charge is 2.30. The van der Waals surface area contributed by atoms with E-state index in [1.165, 1.54) is 11.6 Å². The van der Waals surface area contributed by atoms with Crippen molar-refractivity contribution < 1.29 is 19.6 Å². The molecule has 1 aromatic carbocycles. The van der Waals surface area contributed by atoms with E-state index in [0.717, 1.165) is 59.1 Å². The Morgan fingerprint density at radius 3 is 2.74 bits per heavy atom. The van der Waals surface area contributed by atoms with Crippen molar-refractivity contribution in [3.63, 3.8) is 0 Å². The summed E-state index contributed by atoms with van der Waals surface area (Å²) in [6.45, 7) is 3.99. The molecule has 162 valence electrons. The van der Waals surface area contributed by atoms with Crippen LogP contribution in [0.1, 0.15) is 53.1 Å². The molecule has 0 amide bonds. The number of aryl methyl sites for hydroxylation is 3. The molecule has 2 N–H and O–H groups in total. The average molecular weight is 425 g/mol. The maximum absolute atomic E-state index is 14.6. The SMILES string of the molecule is CCCc1cc2n(c(=O)c1CON(O)O)Cc1c-2nc2cc(F)c(C)c3c2c1CCC3. The van der Waals surface area contributed by atoms with Crippen molar-refractivity contribution in [1.29, 1.82) is 0 Å². The number of hydrogen-bond donors (Lipinski definition) is 2. The Labute approximate surface area is 178 Å². The number of halogens is 1. The average Bonchev–Trinajstić information content (AvgIpc) is 3.11. The lowest BCUT2D eigenvalue weighted by molar-refractivity contribution is -0.497. The lowest BCUT2D eigenvalue weighted by Crippen LogP contribution is -2.27. The first-order valence-electron chi connectivity index (χ1n) is 10.6. The van der Waals surface area contributed by atoms with E-state index in [1.54, 1.807) is 4.57 Å². The van der Waals surface area contributed by atoms with Crippen LogP contribution in [-0.4, -0.2) is 25.4 Å². The quantitative estimate of drug-likeness (QED) is 0.473. The summed E-state index contributed by atoms with van der Waals surface area (Å²) in [6.07, 6.45) is 4.11. The molecular weight excluding hydrogens is 401 g/mol. The first-order valence-corrected chi connectivity index (χ1v) is 10.6. The van der Waals surface area contributed by atoms with Crippen molar-refractivity contribution in [1.82, 2.24) is 14.9 Å². The maximum atomic E-state index is 14.6. The largest absolute Gasteiger partial charge is 0.302 e. The zero-order chi connectivity index (χ0) is 21.9. The minimum atomic E-state index is -0.376. The molecule has 1 aliphatic heterocycles. The van der Waals surface area contributed by atoms with E-state index >= 15 is 0 Å². The van der Waals surface area contributed by atoms with E-state index in [4.69, 9.17) is 20.2 Å². The highest BCUT2D eigenvalue weighted by molar-refractivity contribution is 5.92. The molecule has 7 nitrogen and oxygen atoms in total. The maximum Gasteiger partial charge on any atom is 0.257 e. The Bertz CT molecular complexity index is 1280. The fraction of sp³-hybridized carbons (Fsp3) is 0.391. The van der Waals surface area contributed by atoms with Gasteiger partial charge in [-0.05, 0) is 60.9 Å². The van der Waals surface area contributed by atoms with Gasteiger partial charge in [0.1, 0.15) is 12.4 Å². The molecule has 0 fully saturated rings. The second-order valence-corrected chi connectivity index (χ2v) is 8.33. The number of nitrogens with zero attached hydrogens (tertiary/aromatic N) is 3. The fourth-order valence-electron chi connectivity index (χ4n) is 5.13. The molecule has 2 aromatic heterocycles. The van der Waals surface area contributed by atoms with Crippen LogP contribution in [0, 0.1) is 12.7 Å². The van der Waals surface area contributed by atoms with Crippen LogP contribution in [0.25, 0.3) is 22.3 Å². The zero-order valence-electron chi connectivity index (χ0n) is 17.5. The standard InChI is InChI=1S/C23H24FN3O4/c1-3-5-13-8-20-22-16(10-26(20)23(28)17(13)11-31-27(29)30)15-7-4-6-14-12(2)18(24)9-19(25-22)21(14)15/h8-9,29-30H,3-7,10-11H2,1-2H3. The van der Waals surface area contributed by atoms with Gasteiger partial charge in [-0.25, -0.2) is 14.2 Å². The molecule has 3 aromatic rings. The topological polar surface area (TPSA) is 87.8 Å². The summed E-state index contributed by atoms with van der Waals surface area (Å²) in [6, 6.07) is 3.45. The van der Waals surface area contributed by atoms with Crippen molar-refractivity contribution >= 4 is 10.9 Å². The van der Waals surface area contributed by atoms with E-state index in [-0.39, 0.29) is 23.4 Å². The van der Waals surface area contributed by atoms with Crippen molar-refractivity contribution in [2.45, 2.75) is 59.1 Å². The predicted molar refractivity (Wildman–Crippen MR) is 111 cm³/mol. The molecule has 0 unspecified atom stereocenters. The smallest absolute Gasteiger partial charge is 0.257 e. The lowest BCUT2D eigenvalue weighted by Gasteiger charge is -2.21. The molecule has 0 spiro atoms. The van der Waals surface area contributed by atoms with Crippen molar-refractivity contribution in [2.24, 2.45) is 0 Å². The Kier molecular flexibility index (Phi) is 4.90. The van der Waals surface area contributed by atoms with Crippen molar-refractivity contribution in [2.75, 3.05) is 0 Å². The van der Waals surface area contributed by atoms with Crippen LogP contribution in [-0.2, 0) is 37.3 Å². The van der Waals surface area contributed by atoms with Crippen LogP contribution >= 0.6 is 0 Å². The van der Waals surface area contributed by atoms with Crippen LogP contribution in [0.2, 0.25) is 0 Å². The molecule has 0 atom stereocenters. The fourth-order valence-corrected chi connectivity index (χ4v) is 5.13. The van der Waals surface area contributed by atoms with Gasteiger partial charge in [0.15, 0.2) is 0 Å². The van der Waals surface area contributed by atoms with E-state index in [0.29, 0.717) is 29.6 Å². The highest BCUT2D eigenvalue weighted by Crippen LogP contribution is 2.41. The van der Waals surface area contributed by atoms with E-state index in [1.807, 2.05) is 19.9 Å². The summed E-state index contributed by atoms with van der Waals surface area (Å²) in [7, 11) is 0. The van der Waals surface area contributed by atoms with Gasteiger partial charge in [0, 0.05) is 22.6 Å². The second-order valence-electron chi connectivity index (χ2n) is 8.33. The molecule has 1 aliphatic carbocycles. The van der Waals surface area contributed by atoms with Crippen LogP contribution in [0.5, 0.6) is 0 Å². The Morgan fingerprint density at radius 1 is 1.23 bits per heavy atom. The van der Waals surface area contributed by atoms with Gasteiger partial charge < -0.3 is 4.57 Å². The Balaban J connectivity index is 1.75. The molecule has 5 rings (SSSR count). The van der Waals surface area contributed by atoms with Gasteiger partial charge in [0.05, 0.1) is 28.8 Å². The molecule has 2 aliphatic rings. The molecule has 0 bridgehead atoms. The van der Waals surface area contributed by atoms with Gasteiger partial charge in [-0.3, -0.25) is 15.2 Å². The van der Waals surface area contributed by atoms with Crippen LogP contribution in [0.15, 0.2) is 16.9 Å². The minimum Gasteiger partial charge on any atom is -0.302 e. The number of benzene rings is 1. The second kappa shape index (κ2) is 7.49. The van der Waals surface area contributed by atoms with E-state index in [2.05, 4.69) is 0 Å². The third kappa shape index (κ3) is 3.10. The number of rotatable bonds is 5. The molecular formula is C23H24FN3O4. The molecule has 8 heteroatoms. The normalized spacial score (nSPS) is 14.4. The third-order valence-corrected chi connectivity index (χ3v) is 6.57. The summed E-state index contributed by atoms with van der Waals surface area (Å²) >= 11 is 0. The summed E-state index contributed by atoms with van der Waals surface area (Å²) in [5.74, 6) is -0.241. The molecule has 3 heterocycles. The number of pyridine rings is 2. The third-order valence-electron chi connectivity index (χ3n) is 6.57. The molecule has 0 radical (unpaired) electrons. The number of aromatic nitrogens is 2. The van der Waals surface area contributed by atoms with E-state index in [9.17, 15) is 9.18 Å². The zero-order valence-corrected chi connectivity index (χ0v) is 17.5. The summed E-state index contributed by atoms with van der Waals surface area (Å²) in [5, 5.41) is 18.5. The van der Waals surface area contributed by atoms with Crippen LogP contribution < -0.4 is 5.56 Å². The summed E-state index contributed by atoms with van der Waals surface area (Å²) in [5.41, 5.74) is 6.99. The number of fused-ring (bicyclic) bond motifs is 4. The van der Waals surface area contributed by atoms with Crippen molar-refractivity contribution in [3.8, 4) is 11.4 Å². The minimum absolute atomic E-state index is 0.226. The molecule has 31 heavy (non-hydrogen) atoms. The first-order chi connectivity index (χ1) is 14.9. The van der Waals surface area contributed by atoms with Gasteiger partial charge in [0.25, 0.3) is 5.56 Å². The molecule has 0 saturated heterocycles. The van der Waals surface area contributed by atoms with E-state index < -0.39 is 0 Å². The predicted octanol–water partition coefficient (Wildman–Crippen LogP) is 3.83. The first kappa shape index (κ1) is 20.3. The summed E-state index contributed by atoms with van der Waals surface area (Å²) < 4.78 is 16.2. The Hall–Kier alpha value is -2.65. The van der Waals surface area contributed by atoms with Gasteiger partial charge in [-0.2, -0.15) is 0 Å². The highest BCUT2D eigenvalue weighted by atomic mass is 19.1.